The lowest BCUT2D eigenvalue weighted by atomic mass is 10.2. The minimum Gasteiger partial charge on any atom is -0.497 e. The Hall–Kier alpha value is -3.22. The van der Waals surface area contributed by atoms with Crippen molar-refractivity contribution in [3.63, 3.8) is 0 Å². The summed E-state index contributed by atoms with van der Waals surface area (Å²) in [6, 6.07) is 13.8. The van der Waals surface area contributed by atoms with Crippen molar-refractivity contribution in [1.29, 1.82) is 0 Å². The van der Waals surface area contributed by atoms with Crippen LogP contribution in [0.4, 0.5) is 16.2 Å². The summed E-state index contributed by atoms with van der Waals surface area (Å²) in [7, 11) is 1.59. The van der Waals surface area contributed by atoms with Crippen molar-refractivity contribution in [1.82, 2.24) is 5.32 Å². The van der Waals surface area contributed by atoms with E-state index in [2.05, 4.69) is 10.6 Å². The molecule has 2 N–H and O–H groups in total. The van der Waals surface area contributed by atoms with Crippen molar-refractivity contribution in [2.24, 2.45) is 0 Å². The van der Waals surface area contributed by atoms with Gasteiger partial charge in [0, 0.05) is 24.3 Å². The molecule has 2 aromatic carbocycles. The number of ether oxygens (including phenoxy) is 2. The van der Waals surface area contributed by atoms with Gasteiger partial charge in [-0.2, -0.15) is 0 Å². The number of benzene rings is 2. The second kappa shape index (κ2) is 8.44. The molecule has 1 aliphatic rings. The Balaban J connectivity index is 1.55. The molecule has 7 heteroatoms. The number of anilines is 2. The summed E-state index contributed by atoms with van der Waals surface area (Å²) in [5, 5.41) is 5.61. The summed E-state index contributed by atoms with van der Waals surface area (Å²) >= 11 is 0. The van der Waals surface area contributed by atoms with Gasteiger partial charge in [0.15, 0.2) is 0 Å². The van der Waals surface area contributed by atoms with Gasteiger partial charge in [0.2, 0.25) is 5.91 Å². The summed E-state index contributed by atoms with van der Waals surface area (Å²) in [6.07, 6.45) is 0.267. The molecule has 0 aromatic heterocycles. The fourth-order valence-corrected chi connectivity index (χ4v) is 2.97. The van der Waals surface area contributed by atoms with Gasteiger partial charge in [0.05, 0.1) is 19.8 Å². The predicted octanol–water partition coefficient (Wildman–Crippen LogP) is 3.02. The molecule has 1 heterocycles. The van der Waals surface area contributed by atoms with Crippen LogP contribution in [0.25, 0.3) is 0 Å². The van der Waals surface area contributed by atoms with E-state index in [0.29, 0.717) is 24.6 Å². The summed E-state index contributed by atoms with van der Waals surface area (Å²) in [5.41, 5.74) is 1.45. The summed E-state index contributed by atoms with van der Waals surface area (Å²) in [5.74, 6) is 1.46. The number of urea groups is 1. The Bertz CT molecular complexity index is 790. The molecule has 7 nitrogen and oxygen atoms in total. The first-order valence-corrected chi connectivity index (χ1v) is 8.84. The fraction of sp³-hybridized carbons (Fsp3) is 0.300. The SMILES string of the molecule is CCOc1ccc(N2CC(NC(=O)Nc3ccc(OC)cc3)CC2=O)cc1. The highest BCUT2D eigenvalue weighted by Crippen LogP contribution is 2.24. The van der Waals surface area contributed by atoms with Crippen LogP contribution >= 0.6 is 0 Å². The van der Waals surface area contributed by atoms with E-state index in [1.165, 1.54) is 0 Å². The molecule has 1 aliphatic heterocycles. The normalized spacial score (nSPS) is 16.1. The van der Waals surface area contributed by atoms with Crippen LogP contribution in [-0.4, -0.2) is 38.2 Å². The van der Waals surface area contributed by atoms with E-state index in [-0.39, 0.29) is 24.4 Å². The molecule has 0 saturated carbocycles. The zero-order chi connectivity index (χ0) is 19.2. The highest BCUT2D eigenvalue weighted by Gasteiger charge is 2.31. The number of rotatable bonds is 6. The van der Waals surface area contributed by atoms with Gasteiger partial charge in [-0.15, -0.1) is 0 Å². The molecule has 0 spiro atoms. The maximum Gasteiger partial charge on any atom is 0.319 e. The Morgan fingerprint density at radius 2 is 1.78 bits per heavy atom. The van der Waals surface area contributed by atoms with E-state index in [4.69, 9.17) is 9.47 Å². The van der Waals surface area contributed by atoms with Crippen LogP contribution in [0, 0.1) is 0 Å². The monoisotopic (exact) mass is 369 g/mol. The van der Waals surface area contributed by atoms with Crippen LogP contribution in [0.3, 0.4) is 0 Å². The number of amides is 3. The zero-order valence-corrected chi connectivity index (χ0v) is 15.4. The highest BCUT2D eigenvalue weighted by molar-refractivity contribution is 5.97. The van der Waals surface area contributed by atoms with Crippen molar-refractivity contribution in [3.8, 4) is 11.5 Å². The van der Waals surface area contributed by atoms with E-state index in [1.807, 2.05) is 31.2 Å². The quantitative estimate of drug-likeness (QED) is 0.820. The summed E-state index contributed by atoms with van der Waals surface area (Å²) in [4.78, 5) is 26.2. The Morgan fingerprint density at radius 1 is 1.11 bits per heavy atom. The number of hydrogen-bond donors (Lipinski definition) is 2. The van der Waals surface area contributed by atoms with Gasteiger partial charge in [-0.1, -0.05) is 0 Å². The lowest BCUT2D eigenvalue weighted by Gasteiger charge is -2.18. The summed E-state index contributed by atoms with van der Waals surface area (Å²) in [6.45, 7) is 2.95. The maximum absolute atomic E-state index is 12.3. The van der Waals surface area contributed by atoms with Crippen LogP contribution in [-0.2, 0) is 4.79 Å². The van der Waals surface area contributed by atoms with E-state index in [0.717, 1.165) is 11.4 Å². The third-order valence-electron chi connectivity index (χ3n) is 4.27. The maximum atomic E-state index is 12.3. The average Bonchev–Trinajstić information content (AvgIpc) is 3.03. The van der Waals surface area contributed by atoms with E-state index >= 15 is 0 Å². The van der Waals surface area contributed by atoms with Crippen molar-refractivity contribution in [2.75, 3.05) is 30.5 Å². The number of hydrogen-bond acceptors (Lipinski definition) is 4. The average molecular weight is 369 g/mol. The number of nitrogens with zero attached hydrogens (tertiary/aromatic N) is 1. The summed E-state index contributed by atoms with van der Waals surface area (Å²) < 4.78 is 10.5. The van der Waals surface area contributed by atoms with E-state index in [1.54, 1.807) is 36.3 Å². The number of carbonyl (C=O) groups is 2. The number of nitrogens with one attached hydrogen (secondary N) is 2. The van der Waals surface area contributed by atoms with Crippen LogP contribution < -0.4 is 25.0 Å². The van der Waals surface area contributed by atoms with Gasteiger partial charge < -0.3 is 25.0 Å². The van der Waals surface area contributed by atoms with Gasteiger partial charge in [-0.3, -0.25) is 4.79 Å². The van der Waals surface area contributed by atoms with Crippen molar-refractivity contribution in [3.05, 3.63) is 48.5 Å². The van der Waals surface area contributed by atoms with Crippen LogP contribution in [0.5, 0.6) is 11.5 Å². The molecule has 3 amide bonds. The molecule has 1 atom stereocenters. The Labute approximate surface area is 158 Å². The first-order chi connectivity index (χ1) is 13.1. The van der Waals surface area contributed by atoms with Crippen molar-refractivity contribution >= 4 is 23.3 Å². The third-order valence-corrected chi connectivity index (χ3v) is 4.27. The standard InChI is InChI=1S/C20H23N3O4/c1-3-27-18-10-6-16(7-11-18)23-13-15(12-19(23)24)22-20(25)21-14-4-8-17(26-2)9-5-14/h4-11,15H,3,12-13H2,1-2H3,(H2,21,22,25). The minimum atomic E-state index is -0.341. The minimum absolute atomic E-state index is 0.0195. The second-order valence-electron chi connectivity index (χ2n) is 6.16. The first kappa shape index (κ1) is 18.6. The molecule has 2 aromatic rings. The number of methoxy groups -OCH3 is 1. The molecular formula is C20H23N3O4. The number of carbonyl (C=O) groups excluding carboxylic acids is 2. The molecule has 142 valence electrons. The van der Waals surface area contributed by atoms with Crippen molar-refractivity contribution < 1.29 is 19.1 Å². The Kier molecular flexibility index (Phi) is 5.80. The van der Waals surface area contributed by atoms with Crippen LogP contribution in [0.15, 0.2) is 48.5 Å². The molecule has 0 bridgehead atoms. The largest absolute Gasteiger partial charge is 0.497 e. The molecule has 1 unspecified atom stereocenters. The van der Waals surface area contributed by atoms with Crippen LogP contribution in [0.1, 0.15) is 13.3 Å². The van der Waals surface area contributed by atoms with Crippen molar-refractivity contribution in [2.45, 2.75) is 19.4 Å². The molecule has 1 saturated heterocycles. The topological polar surface area (TPSA) is 79.9 Å². The van der Waals surface area contributed by atoms with Gasteiger partial charge in [0.1, 0.15) is 11.5 Å². The van der Waals surface area contributed by atoms with Gasteiger partial charge >= 0.3 is 6.03 Å². The lowest BCUT2D eigenvalue weighted by molar-refractivity contribution is -0.117. The first-order valence-electron chi connectivity index (χ1n) is 8.84. The predicted molar refractivity (Wildman–Crippen MR) is 104 cm³/mol. The van der Waals surface area contributed by atoms with E-state index < -0.39 is 0 Å². The molecular weight excluding hydrogens is 346 g/mol. The second-order valence-corrected chi connectivity index (χ2v) is 6.16. The molecule has 3 rings (SSSR count). The van der Waals surface area contributed by atoms with Gasteiger partial charge in [-0.05, 0) is 55.5 Å². The smallest absolute Gasteiger partial charge is 0.319 e. The fourth-order valence-electron chi connectivity index (χ4n) is 2.97. The highest BCUT2D eigenvalue weighted by atomic mass is 16.5. The van der Waals surface area contributed by atoms with Gasteiger partial charge in [-0.25, -0.2) is 4.79 Å². The lowest BCUT2D eigenvalue weighted by Crippen LogP contribution is -2.39. The molecule has 27 heavy (non-hydrogen) atoms. The molecule has 0 radical (unpaired) electrons. The molecule has 0 aliphatic carbocycles. The Morgan fingerprint density at radius 3 is 2.41 bits per heavy atom. The van der Waals surface area contributed by atoms with E-state index in [9.17, 15) is 9.59 Å². The van der Waals surface area contributed by atoms with Crippen LogP contribution in [0.2, 0.25) is 0 Å². The van der Waals surface area contributed by atoms with Gasteiger partial charge in [0.25, 0.3) is 0 Å². The molecule has 1 fully saturated rings. The zero-order valence-electron chi connectivity index (χ0n) is 15.4. The third kappa shape index (κ3) is 4.69.